The van der Waals surface area contributed by atoms with Gasteiger partial charge in [-0.2, -0.15) is 0 Å². The first-order valence-corrected chi connectivity index (χ1v) is 10.4. The van der Waals surface area contributed by atoms with E-state index in [1.165, 1.54) is 4.46 Å². The third-order valence-corrected chi connectivity index (χ3v) is 9.10. The minimum absolute atomic E-state index is 0.00453. The van der Waals surface area contributed by atoms with Gasteiger partial charge in [0.1, 0.15) is 0 Å². The minimum atomic E-state index is -1.40. The van der Waals surface area contributed by atoms with E-state index in [0.717, 1.165) is 5.56 Å². The Kier molecular flexibility index (Phi) is 4.99. The van der Waals surface area contributed by atoms with Crippen molar-refractivity contribution in [2.75, 3.05) is 0 Å². The molecule has 126 valence electrons. The molecule has 2 aromatic carbocycles. The Bertz CT molecular complexity index is 719. The molecule has 24 heavy (non-hydrogen) atoms. The van der Waals surface area contributed by atoms with Crippen LogP contribution in [-0.4, -0.2) is 35.0 Å². The van der Waals surface area contributed by atoms with Crippen LogP contribution in [0.4, 0.5) is 0 Å². The zero-order valence-electron chi connectivity index (χ0n) is 13.6. The van der Waals surface area contributed by atoms with Crippen molar-refractivity contribution in [3.63, 3.8) is 0 Å². The molecule has 0 N–H and O–H groups in total. The van der Waals surface area contributed by atoms with Crippen LogP contribution in [0.3, 0.4) is 0 Å². The van der Waals surface area contributed by atoms with Crippen LogP contribution in [0.5, 0.6) is 0 Å². The zero-order valence-corrected chi connectivity index (χ0v) is 16.8. The average molecular weight is 427 g/mol. The molecule has 5 heteroatoms. The molecule has 0 spiro atoms. The first-order valence-electron chi connectivity index (χ1n) is 7.78. The summed E-state index contributed by atoms with van der Waals surface area (Å²) in [5.41, 5.74) is 0.555. The third kappa shape index (κ3) is 3.11. The van der Waals surface area contributed by atoms with Gasteiger partial charge in [-0.25, -0.2) is 0 Å². The Morgan fingerprint density at radius 1 is 1.00 bits per heavy atom. The second kappa shape index (κ2) is 6.72. The van der Waals surface area contributed by atoms with Crippen LogP contribution in [0.2, 0.25) is 0 Å². The SMILES string of the molecule is CC1(C)C([Se]c2ccccc2)N(Cc2ccccc2)C(=O)C1(Cl)Cl. The molecule has 1 amide bonds. The van der Waals surface area contributed by atoms with E-state index in [2.05, 4.69) is 12.1 Å². The van der Waals surface area contributed by atoms with Crippen LogP contribution in [0.1, 0.15) is 19.4 Å². The predicted octanol–water partition coefficient (Wildman–Crippen LogP) is 3.58. The van der Waals surface area contributed by atoms with Crippen molar-refractivity contribution in [3.05, 3.63) is 66.2 Å². The van der Waals surface area contributed by atoms with Crippen molar-refractivity contribution in [1.82, 2.24) is 4.90 Å². The summed E-state index contributed by atoms with van der Waals surface area (Å²) in [4.78, 5) is 14.8. The van der Waals surface area contributed by atoms with E-state index in [-0.39, 0.29) is 25.8 Å². The summed E-state index contributed by atoms with van der Waals surface area (Å²) in [6.45, 7) is 4.51. The molecule has 2 aromatic rings. The number of hydrogen-bond acceptors (Lipinski definition) is 1. The Labute approximate surface area is 159 Å². The molecule has 1 unspecified atom stereocenters. The van der Waals surface area contributed by atoms with Crippen LogP contribution in [0, 0.1) is 5.41 Å². The molecule has 0 aromatic heterocycles. The summed E-state index contributed by atoms with van der Waals surface area (Å²) < 4.78 is -0.164. The fourth-order valence-electron chi connectivity index (χ4n) is 2.88. The Morgan fingerprint density at radius 2 is 1.54 bits per heavy atom. The second-order valence-corrected chi connectivity index (χ2v) is 10.2. The fourth-order valence-corrected chi connectivity index (χ4v) is 6.41. The molecule has 1 fully saturated rings. The van der Waals surface area contributed by atoms with Crippen molar-refractivity contribution in [3.8, 4) is 0 Å². The number of benzene rings is 2. The molecule has 1 heterocycles. The summed E-state index contributed by atoms with van der Waals surface area (Å²) in [5, 5.41) is 0. The zero-order chi connectivity index (χ0) is 17.4. The number of halogens is 2. The van der Waals surface area contributed by atoms with Gasteiger partial charge in [-0.15, -0.1) is 0 Å². The molecular formula is C19H19Cl2NOSe. The Morgan fingerprint density at radius 3 is 2.12 bits per heavy atom. The summed E-state index contributed by atoms with van der Waals surface area (Å²) in [6, 6.07) is 20.2. The van der Waals surface area contributed by atoms with Crippen LogP contribution < -0.4 is 4.46 Å². The number of hydrogen-bond donors (Lipinski definition) is 0. The van der Waals surface area contributed by atoms with Gasteiger partial charge in [0.2, 0.25) is 0 Å². The molecule has 1 atom stereocenters. The van der Waals surface area contributed by atoms with Crippen molar-refractivity contribution in [1.29, 1.82) is 0 Å². The maximum atomic E-state index is 12.9. The molecule has 0 bridgehead atoms. The average Bonchev–Trinajstić information content (AvgIpc) is 2.69. The molecule has 1 aliphatic rings. The number of alkyl halides is 2. The Hall–Kier alpha value is -0.991. The van der Waals surface area contributed by atoms with Gasteiger partial charge in [0.05, 0.1) is 0 Å². The third-order valence-electron chi connectivity index (χ3n) is 4.43. The normalized spacial score (nSPS) is 21.9. The van der Waals surface area contributed by atoms with E-state index in [0.29, 0.717) is 6.54 Å². The van der Waals surface area contributed by atoms with E-state index < -0.39 is 9.75 Å². The summed E-state index contributed by atoms with van der Waals surface area (Å²) in [5.74, 6) is -0.192. The molecule has 1 saturated heterocycles. The van der Waals surface area contributed by atoms with Gasteiger partial charge in [-0.3, -0.25) is 0 Å². The van der Waals surface area contributed by atoms with Gasteiger partial charge in [0, 0.05) is 0 Å². The number of likely N-dealkylation sites (tertiary alicyclic amines) is 1. The topological polar surface area (TPSA) is 20.3 Å². The monoisotopic (exact) mass is 427 g/mol. The van der Waals surface area contributed by atoms with Crippen LogP contribution >= 0.6 is 23.2 Å². The number of carbonyl (C=O) groups excluding carboxylic acids is 1. The second-order valence-electron chi connectivity index (χ2n) is 6.50. The molecule has 0 aliphatic carbocycles. The summed E-state index contributed by atoms with van der Waals surface area (Å²) in [7, 11) is 0. The van der Waals surface area contributed by atoms with E-state index in [4.69, 9.17) is 23.2 Å². The van der Waals surface area contributed by atoms with E-state index in [9.17, 15) is 4.79 Å². The molecule has 1 aliphatic heterocycles. The van der Waals surface area contributed by atoms with Crippen molar-refractivity contribution < 1.29 is 4.79 Å². The van der Waals surface area contributed by atoms with Crippen LogP contribution in [-0.2, 0) is 11.3 Å². The molecule has 0 saturated carbocycles. The molecule has 0 radical (unpaired) electrons. The van der Waals surface area contributed by atoms with E-state index >= 15 is 0 Å². The van der Waals surface area contributed by atoms with E-state index in [1.807, 2.05) is 67.3 Å². The number of amides is 1. The van der Waals surface area contributed by atoms with Crippen molar-refractivity contribution >= 4 is 48.5 Å². The van der Waals surface area contributed by atoms with Crippen LogP contribution in [0.25, 0.3) is 0 Å². The quantitative estimate of drug-likeness (QED) is 0.540. The summed E-state index contributed by atoms with van der Waals surface area (Å²) >= 11 is 13.1. The van der Waals surface area contributed by atoms with Crippen molar-refractivity contribution in [2.45, 2.75) is 29.7 Å². The molecular weight excluding hydrogens is 408 g/mol. The number of rotatable bonds is 4. The molecule has 2 nitrogen and oxygen atoms in total. The number of carbonyl (C=O) groups is 1. The Balaban J connectivity index is 1.95. The van der Waals surface area contributed by atoms with E-state index in [1.54, 1.807) is 0 Å². The predicted molar refractivity (Wildman–Crippen MR) is 101 cm³/mol. The van der Waals surface area contributed by atoms with Gasteiger partial charge in [0.25, 0.3) is 0 Å². The van der Waals surface area contributed by atoms with Crippen LogP contribution in [0.15, 0.2) is 60.7 Å². The van der Waals surface area contributed by atoms with Gasteiger partial charge < -0.3 is 0 Å². The van der Waals surface area contributed by atoms with Gasteiger partial charge in [-0.05, 0) is 0 Å². The summed E-state index contributed by atoms with van der Waals surface area (Å²) in [6.07, 6.45) is 0. The van der Waals surface area contributed by atoms with Gasteiger partial charge in [-0.1, -0.05) is 0 Å². The standard InChI is InChI=1S/C19H19Cl2NOSe/c1-18(2)17(24-15-11-7-4-8-12-15)22(16(23)19(18,20)21)13-14-9-5-3-6-10-14/h3-12,17H,13H2,1-2H3. The van der Waals surface area contributed by atoms with Gasteiger partial charge >= 0.3 is 160 Å². The first kappa shape index (κ1) is 17.8. The van der Waals surface area contributed by atoms with Crippen molar-refractivity contribution in [2.24, 2.45) is 5.41 Å². The van der Waals surface area contributed by atoms with Gasteiger partial charge in [0.15, 0.2) is 0 Å². The first-order chi connectivity index (χ1) is 11.3. The fraction of sp³-hybridized carbons (Fsp3) is 0.316. The maximum absolute atomic E-state index is 12.9. The molecule has 3 rings (SSSR count). The number of nitrogens with zero attached hydrogens (tertiary/aromatic N) is 1.